The predicted octanol–water partition coefficient (Wildman–Crippen LogP) is 3.04. The van der Waals surface area contributed by atoms with Gasteiger partial charge in [0.05, 0.1) is 30.3 Å². The van der Waals surface area contributed by atoms with Gasteiger partial charge in [0.2, 0.25) is 5.91 Å². The maximum Gasteiger partial charge on any atom is 0.265 e. The monoisotopic (exact) mass is 459 g/mol. The van der Waals surface area contributed by atoms with E-state index in [9.17, 15) is 9.59 Å². The Kier molecular flexibility index (Phi) is 6.01. The van der Waals surface area contributed by atoms with Crippen LogP contribution in [0.5, 0.6) is 5.75 Å². The lowest BCUT2D eigenvalue weighted by Gasteiger charge is -2.31. The zero-order chi connectivity index (χ0) is 20.2. The molecule has 152 valence electrons. The molecule has 0 aliphatic carbocycles. The van der Waals surface area contributed by atoms with Crippen molar-refractivity contribution < 1.29 is 19.1 Å². The van der Waals surface area contributed by atoms with Crippen molar-refractivity contribution >= 4 is 44.8 Å². The SMILES string of the molecule is O=C(CCN1C(=O)COc2ccccc21)Nc1cc(Br)ccc1N1CCOCC1. The maximum atomic E-state index is 12.7. The largest absolute Gasteiger partial charge is 0.482 e. The highest BCUT2D eigenvalue weighted by Gasteiger charge is 2.25. The molecule has 1 fully saturated rings. The number of amides is 2. The molecule has 2 aromatic carbocycles. The van der Waals surface area contributed by atoms with Crippen LogP contribution in [0.25, 0.3) is 0 Å². The van der Waals surface area contributed by atoms with E-state index < -0.39 is 0 Å². The van der Waals surface area contributed by atoms with Gasteiger partial charge in [-0.2, -0.15) is 0 Å². The maximum absolute atomic E-state index is 12.7. The standard InChI is InChI=1S/C21H22BrN3O4/c22-15-5-6-17(24-9-11-28-12-10-24)16(13-15)23-20(26)7-8-25-18-3-1-2-4-19(18)29-14-21(25)27/h1-6,13H,7-12,14H2,(H,23,26). The third kappa shape index (κ3) is 4.54. The van der Waals surface area contributed by atoms with Gasteiger partial charge in [0, 0.05) is 30.5 Å². The minimum absolute atomic E-state index is 0.00849. The Morgan fingerprint density at radius 2 is 1.90 bits per heavy atom. The third-order valence-electron chi connectivity index (χ3n) is 4.96. The summed E-state index contributed by atoms with van der Waals surface area (Å²) in [5, 5.41) is 3.01. The molecule has 29 heavy (non-hydrogen) atoms. The average Bonchev–Trinajstić information content (AvgIpc) is 2.74. The summed E-state index contributed by atoms with van der Waals surface area (Å²) in [5.74, 6) is 0.372. The fourth-order valence-electron chi connectivity index (χ4n) is 3.51. The van der Waals surface area contributed by atoms with E-state index in [2.05, 4.69) is 26.1 Å². The van der Waals surface area contributed by atoms with Crippen molar-refractivity contribution in [2.75, 3.05) is 54.6 Å². The number of ether oxygens (including phenoxy) is 2. The molecule has 2 heterocycles. The van der Waals surface area contributed by atoms with Crippen molar-refractivity contribution in [2.45, 2.75) is 6.42 Å². The lowest BCUT2D eigenvalue weighted by atomic mass is 10.2. The van der Waals surface area contributed by atoms with Gasteiger partial charge in [-0.05, 0) is 30.3 Å². The Morgan fingerprint density at radius 1 is 1.10 bits per heavy atom. The van der Waals surface area contributed by atoms with Crippen molar-refractivity contribution in [1.29, 1.82) is 0 Å². The van der Waals surface area contributed by atoms with Gasteiger partial charge in [0.1, 0.15) is 5.75 Å². The lowest BCUT2D eigenvalue weighted by Crippen LogP contribution is -2.40. The van der Waals surface area contributed by atoms with Gasteiger partial charge < -0.3 is 24.6 Å². The van der Waals surface area contributed by atoms with E-state index in [1.165, 1.54) is 0 Å². The van der Waals surface area contributed by atoms with E-state index in [0.29, 0.717) is 31.2 Å². The number of rotatable bonds is 5. The lowest BCUT2D eigenvalue weighted by molar-refractivity contribution is -0.121. The average molecular weight is 460 g/mol. The number of carbonyl (C=O) groups excluding carboxylic acids is 2. The molecule has 0 bridgehead atoms. The van der Waals surface area contributed by atoms with E-state index in [-0.39, 0.29) is 24.8 Å². The Balaban J connectivity index is 1.44. The number of morpholine rings is 1. The van der Waals surface area contributed by atoms with Crippen molar-refractivity contribution in [3.63, 3.8) is 0 Å². The van der Waals surface area contributed by atoms with E-state index in [1.54, 1.807) is 4.90 Å². The van der Waals surface area contributed by atoms with E-state index in [1.807, 2.05) is 42.5 Å². The van der Waals surface area contributed by atoms with Crippen LogP contribution < -0.4 is 19.9 Å². The number of nitrogens with zero attached hydrogens (tertiary/aromatic N) is 2. The number of halogens is 1. The molecule has 1 saturated heterocycles. The van der Waals surface area contributed by atoms with Gasteiger partial charge >= 0.3 is 0 Å². The topological polar surface area (TPSA) is 71.1 Å². The molecule has 1 N–H and O–H groups in total. The highest BCUT2D eigenvalue weighted by molar-refractivity contribution is 9.10. The van der Waals surface area contributed by atoms with E-state index in [0.717, 1.165) is 28.9 Å². The quantitative estimate of drug-likeness (QED) is 0.743. The highest BCUT2D eigenvalue weighted by atomic mass is 79.9. The summed E-state index contributed by atoms with van der Waals surface area (Å²) in [6.45, 7) is 3.19. The van der Waals surface area contributed by atoms with Crippen LogP contribution in [0.1, 0.15) is 6.42 Å². The molecular formula is C21H22BrN3O4. The van der Waals surface area contributed by atoms with Crippen LogP contribution in [0.15, 0.2) is 46.9 Å². The second-order valence-electron chi connectivity index (χ2n) is 6.86. The second-order valence-corrected chi connectivity index (χ2v) is 7.78. The van der Waals surface area contributed by atoms with Gasteiger partial charge in [-0.15, -0.1) is 0 Å². The minimum Gasteiger partial charge on any atom is -0.482 e. The fourth-order valence-corrected chi connectivity index (χ4v) is 3.87. The van der Waals surface area contributed by atoms with Crippen molar-refractivity contribution in [1.82, 2.24) is 0 Å². The first-order valence-corrected chi connectivity index (χ1v) is 10.4. The molecule has 0 radical (unpaired) electrons. The Labute approximate surface area is 177 Å². The number of hydrogen-bond donors (Lipinski definition) is 1. The van der Waals surface area contributed by atoms with E-state index in [4.69, 9.17) is 9.47 Å². The summed E-state index contributed by atoms with van der Waals surface area (Å²) in [6.07, 6.45) is 0.190. The molecule has 2 aliphatic rings. The molecule has 4 rings (SSSR count). The molecule has 8 heteroatoms. The fraction of sp³-hybridized carbons (Fsp3) is 0.333. The first-order chi connectivity index (χ1) is 14.1. The Hall–Kier alpha value is -2.58. The summed E-state index contributed by atoms with van der Waals surface area (Å²) < 4.78 is 11.8. The molecule has 0 saturated carbocycles. The molecule has 2 aromatic rings. The van der Waals surface area contributed by atoms with Gasteiger partial charge in [-0.3, -0.25) is 9.59 Å². The molecule has 0 unspecified atom stereocenters. The molecule has 0 aromatic heterocycles. The number of carbonyl (C=O) groups is 2. The van der Waals surface area contributed by atoms with Gasteiger partial charge in [-0.25, -0.2) is 0 Å². The zero-order valence-corrected chi connectivity index (χ0v) is 17.5. The Bertz CT molecular complexity index is 915. The summed E-state index contributed by atoms with van der Waals surface area (Å²) in [4.78, 5) is 28.8. The third-order valence-corrected chi connectivity index (χ3v) is 5.45. The number of anilines is 3. The first kappa shape index (κ1) is 19.7. The van der Waals surface area contributed by atoms with Crippen LogP contribution in [0.2, 0.25) is 0 Å². The smallest absolute Gasteiger partial charge is 0.265 e. The molecule has 2 amide bonds. The highest BCUT2D eigenvalue weighted by Crippen LogP contribution is 2.32. The number of benzene rings is 2. The van der Waals surface area contributed by atoms with Crippen LogP contribution in [0, 0.1) is 0 Å². The molecule has 2 aliphatic heterocycles. The molecular weight excluding hydrogens is 438 g/mol. The number of nitrogens with one attached hydrogen (secondary N) is 1. The molecule has 7 nitrogen and oxygen atoms in total. The first-order valence-electron chi connectivity index (χ1n) is 9.56. The van der Waals surface area contributed by atoms with Crippen LogP contribution in [-0.4, -0.2) is 51.3 Å². The number of fused-ring (bicyclic) bond motifs is 1. The summed E-state index contributed by atoms with van der Waals surface area (Å²) in [7, 11) is 0. The molecule has 0 spiro atoms. The minimum atomic E-state index is -0.145. The number of para-hydroxylation sites is 2. The predicted molar refractivity (Wildman–Crippen MR) is 115 cm³/mol. The van der Waals surface area contributed by atoms with Gasteiger partial charge in [0.25, 0.3) is 5.91 Å². The zero-order valence-electron chi connectivity index (χ0n) is 15.9. The summed E-state index contributed by atoms with van der Waals surface area (Å²) >= 11 is 3.48. The van der Waals surface area contributed by atoms with Crippen molar-refractivity contribution in [3.8, 4) is 5.75 Å². The van der Waals surface area contributed by atoms with Crippen molar-refractivity contribution in [2.24, 2.45) is 0 Å². The van der Waals surface area contributed by atoms with Gasteiger partial charge in [0.15, 0.2) is 6.61 Å². The van der Waals surface area contributed by atoms with Crippen LogP contribution in [0.3, 0.4) is 0 Å². The summed E-state index contributed by atoms with van der Waals surface area (Å²) in [5.41, 5.74) is 2.42. The van der Waals surface area contributed by atoms with Gasteiger partial charge in [-0.1, -0.05) is 28.1 Å². The summed E-state index contributed by atoms with van der Waals surface area (Å²) in [6, 6.07) is 13.2. The number of hydrogen-bond acceptors (Lipinski definition) is 5. The van der Waals surface area contributed by atoms with Crippen LogP contribution in [0.4, 0.5) is 17.1 Å². The normalized spacial score (nSPS) is 16.2. The van der Waals surface area contributed by atoms with Crippen LogP contribution in [-0.2, 0) is 14.3 Å². The molecule has 0 atom stereocenters. The van der Waals surface area contributed by atoms with Crippen molar-refractivity contribution in [3.05, 3.63) is 46.9 Å². The Morgan fingerprint density at radius 3 is 2.72 bits per heavy atom. The van der Waals surface area contributed by atoms with Crippen LogP contribution >= 0.6 is 15.9 Å². The second kappa shape index (κ2) is 8.84. The van der Waals surface area contributed by atoms with E-state index >= 15 is 0 Å².